The highest BCUT2D eigenvalue weighted by molar-refractivity contribution is 7.98. The molecule has 6 heteroatoms. The number of amides is 1. The first-order valence-corrected chi connectivity index (χ1v) is 9.82. The molecule has 3 rings (SSSR count). The molecular formula is C21H18ClNO3S. The molecule has 0 fully saturated rings. The monoisotopic (exact) mass is 399 g/mol. The standard InChI is InChI=1S/C21H18ClNO3S/c1-13-19(21(25)26-2)18(11-14-7-9-17(27-3)10-8-14)20(24)23(13)16-6-4-5-15(22)12-16/h4-12H,1-3H3/b18-11+. The summed E-state index contributed by atoms with van der Waals surface area (Å²) in [6.45, 7) is 1.72. The predicted octanol–water partition coefficient (Wildman–Crippen LogP) is 4.94. The molecule has 0 saturated heterocycles. The SMILES string of the molecule is COC(=O)C1=C(C)N(c2cccc(Cl)c2)C(=O)/C1=C/c1ccc(SC)cc1. The van der Waals surface area contributed by atoms with Crippen LogP contribution in [0.3, 0.4) is 0 Å². The third-order valence-electron chi connectivity index (χ3n) is 4.28. The summed E-state index contributed by atoms with van der Waals surface area (Å²) in [4.78, 5) is 28.1. The zero-order valence-electron chi connectivity index (χ0n) is 15.2. The fourth-order valence-electron chi connectivity index (χ4n) is 2.97. The first-order valence-electron chi connectivity index (χ1n) is 8.21. The van der Waals surface area contributed by atoms with Crippen molar-refractivity contribution < 1.29 is 14.3 Å². The van der Waals surface area contributed by atoms with Crippen LogP contribution in [0.1, 0.15) is 12.5 Å². The van der Waals surface area contributed by atoms with Crippen LogP contribution in [0.2, 0.25) is 5.02 Å². The van der Waals surface area contributed by atoms with Gasteiger partial charge in [0.15, 0.2) is 0 Å². The molecule has 0 aliphatic carbocycles. The summed E-state index contributed by atoms with van der Waals surface area (Å²) < 4.78 is 4.92. The number of methoxy groups -OCH3 is 1. The van der Waals surface area contributed by atoms with Crippen molar-refractivity contribution in [2.75, 3.05) is 18.3 Å². The Balaban J connectivity index is 2.10. The maximum absolute atomic E-state index is 13.1. The molecule has 0 N–H and O–H groups in total. The molecule has 0 radical (unpaired) electrons. The minimum absolute atomic E-state index is 0.261. The van der Waals surface area contributed by atoms with E-state index >= 15 is 0 Å². The second-order valence-electron chi connectivity index (χ2n) is 5.90. The zero-order valence-corrected chi connectivity index (χ0v) is 16.7. The number of thioether (sulfide) groups is 1. The number of nitrogens with zero attached hydrogens (tertiary/aromatic N) is 1. The Bertz CT molecular complexity index is 964. The third kappa shape index (κ3) is 3.80. The summed E-state index contributed by atoms with van der Waals surface area (Å²) in [5.74, 6) is -0.832. The molecule has 0 saturated carbocycles. The summed E-state index contributed by atoms with van der Waals surface area (Å²) in [6.07, 6.45) is 3.71. The molecule has 0 atom stereocenters. The Labute approximate surface area is 167 Å². The molecule has 1 aliphatic rings. The number of hydrogen-bond donors (Lipinski definition) is 0. The average molecular weight is 400 g/mol. The quantitative estimate of drug-likeness (QED) is 0.415. The highest BCUT2D eigenvalue weighted by atomic mass is 35.5. The molecule has 0 bridgehead atoms. The minimum atomic E-state index is -0.544. The van der Waals surface area contributed by atoms with Gasteiger partial charge in [-0.25, -0.2) is 4.79 Å². The number of allylic oxidation sites excluding steroid dienone is 1. The number of hydrogen-bond acceptors (Lipinski definition) is 4. The van der Waals surface area contributed by atoms with Gasteiger partial charge in [0.25, 0.3) is 5.91 Å². The molecule has 2 aromatic carbocycles. The van der Waals surface area contributed by atoms with Gasteiger partial charge in [0.05, 0.1) is 23.9 Å². The Hall–Kier alpha value is -2.50. The van der Waals surface area contributed by atoms with Gasteiger partial charge >= 0.3 is 5.97 Å². The van der Waals surface area contributed by atoms with Gasteiger partial charge in [-0.15, -0.1) is 11.8 Å². The van der Waals surface area contributed by atoms with Gasteiger partial charge < -0.3 is 4.74 Å². The third-order valence-corrected chi connectivity index (χ3v) is 5.26. The summed E-state index contributed by atoms with van der Waals surface area (Å²) in [5.41, 5.74) is 2.51. The van der Waals surface area contributed by atoms with E-state index in [1.54, 1.807) is 49.0 Å². The predicted molar refractivity (Wildman–Crippen MR) is 110 cm³/mol. The normalized spacial score (nSPS) is 15.6. The molecule has 1 amide bonds. The maximum Gasteiger partial charge on any atom is 0.340 e. The van der Waals surface area contributed by atoms with Crippen molar-refractivity contribution in [2.45, 2.75) is 11.8 Å². The molecule has 1 heterocycles. The van der Waals surface area contributed by atoms with Crippen LogP contribution in [-0.2, 0) is 14.3 Å². The highest BCUT2D eigenvalue weighted by Crippen LogP contribution is 2.36. The van der Waals surface area contributed by atoms with Crippen molar-refractivity contribution in [1.82, 2.24) is 0 Å². The first-order chi connectivity index (χ1) is 13.0. The molecule has 0 aromatic heterocycles. The molecular weight excluding hydrogens is 382 g/mol. The Morgan fingerprint density at radius 2 is 1.89 bits per heavy atom. The molecule has 1 aliphatic heterocycles. The van der Waals surface area contributed by atoms with E-state index in [9.17, 15) is 9.59 Å². The lowest BCUT2D eigenvalue weighted by Crippen LogP contribution is -2.24. The number of esters is 1. The molecule has 2 aromatic rings. The molecule has 0 spiro atoms. The van der Waals surface area contributed by atoms with Crippen LogP contribution < -0.4 is 4.90 Å². The van der Waals surface area contributed by atoms with E-state index in [1.807, 2.05) is 30.5 Å². The highest BCUT2D eigenvalue weighted by Gasteiger charge is 2.37. The van der Waals surface area contributed by atoms with Crippen molar-refractivity contribution >= 4 is 47.0 Å². The second kappa shape index (κ2) is 8.03. The van der Waals surface area contributed by atoms with Crippen LogP contribution in [-0.4, -0.2) is 25.2 Å². The van der Waals surface area contributed by atoms with Crippen molar-refractivity contribution in [3.05, 3.63) is 76.0 Å². The number of rotatable bonds is 4. The van der Waals surface area contributed by atoms with Crippen LogP contribution in [0, 0.1) is 0 Å². The molecule has 27 heavy (non-hydrogen) atoms. The van der Waals surface area contributed by atoms with Crippen LogP contribution in [0.4, 0.5) is 5.69 Å². The Morgan fingerprint density at radius 3 is 2.48 bits per heavy atom. The first kappa shape index (κ1) is 19.3. The van der Waals surface area contributed by atoms with Crippen molar-refractivity contribution in [3.8, 4) is 0 Å². The summed E-state index contributed by atoms with van der Waals surface area (Å²) in [7, 11) is 1.31. The second-order valence-corrected chi connectivity index (χ2v) is 7.22. The van der Waals surface area contributed by atoms with Crippen LogP contribution >= 0.6 is 23.4 Å². The van der Waals surface area contributed by atoms with Crippen molar-refractivity contribution in [2.24, 2.45) is 0 Å². The van der Waals surface area contributed by atoms with Crippen molar-refractivity contribution in [3.63, 3.8) is 0 Å². The number of carbonyl (C=O) groups is 2. The Morgan fingerprint density at radius 1 is 1.19 bits per heavy atom. The van der Waals surface area contributed by atoms with Crippen LogP contribution in [0.15, 0.2) is 70.3 Å². The van der Waals surface area contributed by atoms with Crippen LogP contribution in [0.25, 0.3) is 6.08 Å². The van der Waals surface area contributed by atoms with Gasteiger partial charge in [-0.2, -0.15) is 0 Å². The van der Waals surface area contributed by atoms with Gasteiger partial charge in [-0.3, -0.25) is 9.69 Å². The van der Waals surface area contributed by atoms with E-state index in [1.165, 1.54) is 12.0 Å². The van der Waals surface area contributed by atoms with Crippen molar-refractivity contribution in [1.29, 1.82) is 0 Å². The number of anilines is 1. The van der Waals surface area contributed by atoms with E-state index < -0.39 is 5.97 Å². The molecule has 138 valence electrons. The summed E-state index contributed by atoms with van der Waals surface area (Å²) in [6, 6.07) is 14.7. The lowest BCUT2D eigenvalue weighted by Gasteiger charge is -2.18. The van der Waals surface area contributed by atoms with E-state index in [2.05, 4.69) is 0 Å². The maximum atomic E-state index is 13.1. The van der Waals surface area contributed by atoms with Gasteiger partial charge in [-0.05, 0) is 55.2 Å². The van der Waals surface area contributed by atoms with E-state index in [0.717, 1.165) is 10.5 Å². The number of carbonyl (C=O) groups excluding carboxylic acids is 2. The molecule has 4 nitrogen and oxygen atoms in total. The van der Waals surface area contributed by atoms with Gasteiger partial charge in [0.2, 0.25) is 0 Å². The number of halogens is 1. The minimum Gasteiger partial charge on any atom is -0.465 e. The number of ether oxygens (including phenoxy) is 1. The Kier molecular flexibility index (Phi) is 5.73. The lowest BCUT2D eigenvalue weighted by atomic mass is 10.0. The largest absolute Gasteiger partial charge is 0.465 e. The van der Waals surface area contributed by atoms with E-state index in [-0.39, 0.29) is 11.5 Å². The topological polar surface area (TPSA) is 46.6 Å². The summed E-state index contributed by atoms with van der Waals surface area (Å²) in [5, 5.41) is 0.512. The molecule has 0 unspecified atom stereocenters. The van der Waals surface area contributed by atoms with Gasteiger partial charge in [0.1, 0.15) is 0 Å². The lowest BCUT2D eigenvalue weighted by molar-refractivity contribution is -0.136. The average Bonchev–Trinajstić information content (AvgIpc) is 2.91. The van der Waals surface area contributed by atoms with Gasteiger partial charge in [0, 0.05) is 15.6 Å². The van der Waals surface area contributed by atoms with Crippen LogP contribution in [0.5, 0.6) is 0 Å². The fourth-order valence-corrected chi connectivity index (χ4v) is 3.57. The van der Waals surface area contributed by atoms with E-state index in [4.69, 9.17) is 16.3 Å². The smallest absolute Gasteiger partial charge is 0.340 e. The fraction of sp³-hybridized carbons (Fsp3) is 0.143. The van der Waals surface area contributed by atoms with E-state index in [0.29, 0.717) is 22.0 Å². The zero-order chi connectivity index (χ0) is 19.6. The number of benzene rings is 2. The van der Waals surface area contributed by atoms with Gasteiger partial charge in [-0.1, -0.05) is 29.8 Å². The summed E-state index contributed by atoms with van der Waals surface area (Å²) >= 11 is 7.71.